The summed E-state index contributed by atoms with van der Waals surface area (Å²) in [7, 11) is 0. The Kier molecular flexibility index (Phi) is 4.23. The maximum absolute atomic E-state index is 12.1. The minimum Gasteiger partial charge on any atom is -0.452 e. The molecule has 3 heteroatoms. The summed E-state index contributed by atoms with van der Waals surface area (Å²) in [4.78, 5) is 12.1. The number of fused-ring (bicyclic) bond motifs is 1. The van der Waals surface area contributed by atoms with E-state index in [1.165, 1.54) is 0 Å². The minimum atomic E-state index is 0.104. The third-order valence-electron chi connectivity index (χ3n) is 3.40. The Morgan fingerprint density at radius 1 is 1.33 bits per heavy atom. The second-order valence-corrected chi connectivity index (χ2v) is 5.43. The molecule has 2 nitrogen and oxygen atoms in total. The number of carbonyl (C=O) groups excluding carboxylic acids is 1. The van der Waals surface area contributed by atoms with Crippen molar-refractivity contribution in [3.05, 3.63) is 34.5 Å². The number of ketones is 1. The lowest BCUT2D eigenvalue weighted by Gasteiger charge is -2.09. The monoisotopic (exact) mass is 308 g/mol. The Labute approximate surface area is 115 Å². The van der Waals surface area contributed by atoms with E-state index in [0.29, 0.717) is 18.1 Å². The molecule has 0 aliphatic carbocycles. The molecule has 1 aromatic heterocycles. The van der Waals surface area contributed by atoms with Gasteiger partial charge in [0.1, 0.15) is 5.58 Å². The average molecular weight is 309 g/mol. The van der Waals surface area contributed by atoms with Crippen LogP contribution in [0.5, 0.6) is 0 Å². The van der Waals surface area contributed by atoms with Crippen LogP contribution in [-0.2, 0) is 0 Å². The first kappa shape index (κ1) is 13.3. The predicted molar refractivity (Wildman–Crippen MR) is 76.9 cm³/mol. The molecule has 1 aromatic carbocycles. The first-order valence-electron chi connectivity index (χ1n) is 6.37. The van der Waals surface area contributed by atoms with Gasteiger partial charge in [-0.3, -0.25) is 4.79 Å². The van der Waals surface area contributed by atoms with Crippen molar-refractivity contribution < 1.29 is 9.21 Å². The van der Waals surface area contributed by atoms with Gasteiger partial charge in [-0.2, -0.15) is 0 Å². The molecule has 0 aliphatic rings. The van der Waals surface area contributed by atoms with Gasteiger partial charge in [0.15, 0.2) is 11.5 Å². The highest BCUT2D eigenvalue weighted by Gasteiger charge is 2.17. The van der Waals surface area contributed by atoms with E-state index < -0.39 is 0 Å². The Bertz CT molecular complexity index is 553. The molecule has 18 heavy (non-hydrogen) atoms. The standard InChI is InChI=1S/C15H17BrO2/c1-3-10(4-2)8-13(17)14-9-11-6-5-7-12(16)15(11)18-14/h5-7,9-10H,3-4,8H2,1-2H3. The highest BCUT2D eigenvalue weighted by molar-refractivity contribution is 9.10. The lowest BCUT2D eigenvalue weighted by molar-refractivity contribution is 0.0933. The van der Waals surface area contributed by atoms with Crippen molar-refractivity contribution in [3.8, 4) is 0 Å². The van der Waals surface area contributed by atoms with Gasteiger partial charge in [-0.05, 0) is 34.0 Å². The zero-order valence-corrected chi connectivity index (χ0v) is 12.3. The smallest absolute Gasteiger partial charge is 0.198 e. The predicted octanol–water partition coefficient (Wildman–Crippen LogP) is 5.20. The van der Waals surface area contributed by atoms with Gasteiger partial charge in [0.25, 0.3) is 0 Å². The van der Waals surface area contributed by atoms with Crippen molar-refractivity contribution in [2.45, 2.75) is 33.1 Å². The van der Waals surface area contributed by atoms with Crippen LogP contribution >= 0.6 is 15.9 Å². The number of hydrogen-bond donors (Lipinski definition) is 0. The van der Waals surface area contributed by atoms with Crippen LogP contribution in [0.1, 0.15) is 43.7 Å². The Balaban J connectivity index is 2.26. The van der Waals surface area contributed by atoms with E-state index in [1.54, 1.807) is 0 Å². The van der Waals surface area contributed by atoms with E-state index in [-0.39, 0.29) is 5.78 Å². The summed E-state index contributed by atoms with van der Waals surface area (Å²) >= 11 is 3.43. The van der Waals surface area contributed by atoms with Crippen molar-refractivity contribution in [2.24, 2.45) is 5.92 Å². The van der Waals surface area contributed by atoms with E-state index in [9.17, 15) is 4.79 Å². The highest BCUT2D eigenvalue weighted by Crippen LogP contribution is 2.28. The summed E-state index contributed by atoms with van der Waals surface area (Å²) in [6.45, 7) is 4.24. The molecule has 0 spiro atoms. The third-order valence-corrected chi connectivity index (χ3v) is 4.02. The molecule has 0 fully saturated rings. The van der Waals surface area contributed by atoms with Gasteiger partial charge >= 0.3 is 0 Å². The molecule has 1 heterocycles. The molecule has 96 valence electrons. The number of benzene rings is 1. The first-order valence-corrected chi connectivity index (χ1v) is 7.16. The molecule has 0 bridgehead atoms. The molecule has 0 unspecified atom stereocenters. The van der Waals surface area contributed by atoms with Crippen LogP contribution in [0.2, 0.25) is 0 Å². The normalized spacial score (nSPS) is 11.3. The number of para-hydroxylation sites is 1. The van der Waals surface area contributed by atoms with Crippen molar-refractivity contribution in [3.63, 3.8) is 0 Å². The Morgan fingerprint density at radius 3 is 2.67 bits per heavy atom. The molecule has 0 saturated heterocycles. The SMILES string of the molecule is CCC(CC)CC(=O)c1cc2cccc(Br)c2o1. The van der Waals surface area contributed by atoms with Gasteiger partial charge < -0.3 is 4.42 Å². The molecular weight excluding hydrogens is 292 g/mol. The first-order chi connectivity index (χ1) is 8.65. The van der Waals surface area contributed by atoms with Crippen molar-refractivity contribution in [1.29, 1.82) is 0 Å². The molecular formula is C15H17BrO2. The molecule has 0 aliphatic heterocycles. The van der Waals surface area contributed by atoms with Crippen LogP contribution in [0, 0.1) is 5.92 Å². The lowest BCUT2D eigenvalue weighted by atomic mass is 9.96. The Hall–Kier alpha value is -1.09. The molecule has 2 aromatic rings. The van der Waals surface area contributed by atoms with E-state index in [2.05, 4.69) is 29.8 Å². The number of furan rings is 1. The zero-order chi connectivity index (χ0) is 13.1. The average Bonchev–Trinajstić information content (AvgIpc) is 2.81. The lowest BCUT2D eigenvalue weighted by Crippen LogP contribution is -2.06. The van der Waals surface area contributed by atoms with Crippen LogP contribution in [0.3, 0.4) is 0 Å². The van der Waals surface area contributed by atoms with Crippen LogP contribution in [-0.4, -0.2) is 5.78 Å². The number of hydrogen-bond acceptors (Lipinski definition) is 2. The topological polar surface area (TPSA) is 30.2 Å². The molecule has 0 radical (unpaired) electrons. The summed E-state index contributed by atoms with van der Waals surface area (Å²) in [6, 6.07) is 7.65. The second-order valence-electron chi connectivity index (χ2n) is 4.58. The van der Waals surface area contributed by atoms with Gasteiger partial charge in [-0.1, -0.05) is 38.8 Å². The fourth-order valence-electron chi connectivity index (χ4n) is 2.11. The number of carbonyl (C=O) groups is 1. The molecule has 0 atom stereocenters. The van der Waals surface area contributed by atoms with E-state index in [1.807, 2.05) is 24.3 Å². The largest absolute Gasteiger partial charge is 0.452 e. The van der Waals surface area contributed by atoms with Gasteiger partial charge in [0, 0.05) is 11.8 Å². The van der Waals surface area contributed by atoms with Gasteiger partial charge in [-0.15, -0.1) is 0 Å². The minimum absolute atomic E-state index is 0.104. The zero-order valence-electron chi connectivity index (χ0n) is 10.7. The van der Waals surface area contributed by atoms with Crippen LogP contribution in [0.25, 0.3) is 11.0 Å². The van der Waals surface area contributed by atoms with E-state index in [4.69, 9.17) is 4.42 Å². The number of rotatable bonds is 5. The van der Waals surface area contributed by atoms with Crippen LogP contribution in [0.15, 0.2) is 33.2 Å². The molecule has 2 rings (SSSR count). The maximum Gasteiger partial charge on any atom is 0.198 e. The number of Topliss-reactive ketones (excluding diaryl/α,β-unsaturated/α-hetero) is 1. The van der Waals surface area contributed by atoms with Gasteiger partial charge in [0.05, 0.1) is 4.47 Å². The fourth-order valence-corrected chi connectivity index (χ4v) is 2.57. The summed E-state index contributed by atoms with van der Waals surface area (Å²) < 4.78 is 6.54. The summed E-state index contributed by atoms with van der Waals surface area (Å²) in [5.74, 6) is 1.03. The maximum atomic E-state index is 12.1. The van der Waals surface area contributed by atoms with Crippen LogP contribution < -0.4 is 0 Å². The van der Waals surface area contributed by atoms with E-state index >= 15 is 0 Å². The van der Waals surface area contributed by atoms with Crippen LogP contribution in [0.4, 0.5) is 0 Å². The second kappa shape index (κ2) is 5.70. The quantitative estimate of drug-likeness (QED) is 0.710. The fraction of sp³-hybridized carbons (Fsp3) is 0.400. The Morgan fingerprint density at radius 2 is 2.06 bits per heavy atom. The highest BCUT2D eigenvalue weighted by atomic mass is 79.9. The van der Waals surface area contributed by atoms with Crippen molar-refractivity contribution in [1.82, 2.24) is 0 Å². The summed E-state index contributed by atoms with van der Waals surface area (Å²) in [6.07, 6.45) is 2.64. The van der Waals surface area contributed by atoms with Crippen molar-refractivity contribution in [2.75, 3.05) is 0 Å². The molecule has 0 amide bonds. The van der Waals surface area contributed by atoms with Crippen molar-refractivity contribution >= 4 is 32.7 Å². The summed E-state index contributed by atoms with van der Waals surface area (Å²) in [5.41, 5.74) is 0.755. The molecule has 0 saturated carbocycles. The third kappa shape index (κ3) is 2.66. The molecule has 0 N–H and O–H groups in total. The van der Waals surface area contributed by atoms with Gasteiger partial charge in [-0.25, -0.2) is 0 Å². The van der Waals surface area contributed by atoms with E-state index in [0.717, 1.165) is 28.3 Å². The number of halogens is 1. The van der Waals surface area contributed by atoms with Gasteiger partial charge in [0.2, 0.25) is 0 Å². The summed E-state index contributed by atoms with van der Waals surface area (Å²) in [5, 5.41) is 0.970.